The van der Waals surface area contributed by atoms with Crippen molar-refractivity contribution in [3.05, 3.63) is 66.2 Å². The summed E-state index contributed by atoms with van der Waals surface area (Å²) in [4.78, 5) is 27.2. The summed E-state index contributed by atoms with van der Waals surface area (Å²) in [5, 5.41) is 2.87. The number of sulfonamides is 1. The van der Waals surface area contributed by atoms with E-state index in [4.69, 9.17) is 0 Å². The Hall–Kier alpha value is -2.97. The summed E-state index contributed by atoms with van der Waals surface area (Å²) in [6.07, 6.45) is 6.26. The van der Waals surface area contributed by atoms with Gasteiger partial charge in [0.15, 0.2) is 0 Å². The van der Waals surface area contributed by atoms with E-state index in [1.807, 2.05) is 30.3 Å². The molecule has 0 bridgehead atoms. The number of hydrogen-bond acceptors (Lipinski definition) is 4. The first-order valence-electron chi connectivity index (χ1n) is 11.4. The van der Waals surface area contributed by atoms with Crippen LogP contribution in [0.25, 0.3) is 6.08 Å². The zero-order valence-corrected chi connectivity index (χ0v) is 19.3. The number of piperidine rings is 1. The highest BCUT2D eigenvalue weighted by Crippen LogP contribution is 2.25. The van der Waals surface area contributed by atoms with Crippen molar-refractivity contribution < 1.29 is 18.0 Å². The Balaban J connectivity index is 1.31. The highest BCUT2D eigenvalue weighted by atomic mass is 32.2. The van der Waals surface area contributed by atoms with E-state index >= 15 is 0 Å². The van der Waals surface area contributed by atoms with Gasteiger partial charge in [-0.05, 0) is 55.5 Å². The summed E-state index contributed by atoms with van der Waals surface area (Å²) in [5.74, 6) is -0.416. The first-order chi connectivity index (χ1) is 15.9. The first-order valence-corrected chi connectivity index (χ1v) is 12.8. The Morgan fingerprint density at radius 3 is 2.30 bits per heavy atom. The number of hydrogen-bond donors (Lipinski definition) is 1. The van der Waals surface area contributed by atoms with Crippen LogP contribution in [0.15, 0.2) is 65.6 Å². The lowest BCUT2D eigenvalue weighted by atomic mass is 9.95. The molecule has 0 unspecified atom stereocenters. The standard InChI is InChI=1S/C25H29N3O4S/c29-24(12-11-20-7-2-1-3-8-20)27-17-13-21(14-18-27)25(30)26-22-9-6-10-23(19-22)33(31,32)28-15-4-5-16-28/h1-3,6-12,19,21H,4-5,13-18H2,(H,26,30)/b12-11+. The number of amides is 2. The third-order valence-electron chi connectivity index (χ3n) is 6.20. The van der Waals surface area contributed by atoms with Gasteiger partial charge in [0.05, 0.1) is 4.90 Å². The van der Waals surface area contributed by atoms with Crippen molar-refractivity contribution in [3.63, 3.8) is 0 Å². The van der Waals surface area contributed by atoms with E-state index in [9.17, 15) is 18.0 Å². The van der Waals surface area contributed by atoms with Crippen LogP contribution in [0.1, 0.15) is 31.2 Å². The molecule has 8 heteroatoms. The van der Waals surface area contributed by atoms with Gasteiger partial charge in [0.2, 0.25) is 21.8 Å². The molecule has 0 aromatic heterocycles. The van der Waals surface area contributed by atoms with E-state index < -0.39 is 10.0 Å². The number of rotatable bonds is 6. The summed E-state index contributed by atoms with van der Waals surface area (Å²) in [5.41, 5.74) is 1.44. The van der Waals surface area contributed by atoms with Crippen LogP contribution in [0, 0.1) is 5.92 Å². The zero-order chi connectivity index (χ0) is 23.3. The number of anilines is 1. The van der Waals surface area contributed by atoms with Crippen LogP contribution in [-0.2, 0) is 19.6 Å². The summed E-state index contributed by atoms with van der Waals surface area (Å²) in [7, 11) is -3.53. The number of carbonyl (C=O) groups excluding carboxylic acids is 2. The molecule has 2 saturated heterocycles. The van der Waals surface area contributed by atoms with Gasteiger partial charge in [-0.25, -0.2) is 8.42 Å². The second kappa shape index (κ2) is 10.3. The number of likely N-dealkylation sites (tertiary alicyclic amines) is 1. The smallest absolute Gasteiger partial charge is 0.246 e. The molecule has 0 atom stereocenters. The molecule has 2 heterocycles. The quantitative estimate of drug-likeness (QED) is 0.660. The van der Waals surface area contributed by atoms with Gasteiger partial charge in [-0.15, -0.1) is 0 Å². The maximum Gasteiger partial charge on any atom is 0.246 e. The molecule has 2 aliphatic heterocycles. The average Bonchev–Trinajstić information content (AvgIpc) is 3.39. The van der Waals surface area contributed by atoms with Gasteiger partial charge in [0, 0.05) is 43.9 Å². The highest BCUT2D eigenvalue weighted by Gasteiger charge is 2.29. The van der Waals surface area contributed by atoms with Crippen molar-refractivity contribution >= 4 is 33.6 Å². The second-order valence-corrected chi connectivity index (χ2v) is 10.4. The van der Waals surface area contributed by atoms with Gasteiger partial charge >= 0.3 is 0 Å². The van der Waals surface area contributed by atoms with Crippen LogP contribution in [0.5, 0.6) is 0 Å². The predicted molar refractivity (Wildman–Crippen MR) is 128 cm³/mol. The Labute approximate surface area is 195 Å². The van der Waals surface area contributed by atoms with Crippen molar-refractivity contribution in [3.8, 4) is 0 Å². The fraction of sp³-hybridized carbons (Fsp3) is 0.360. The number of nitrogens with one attached hydrogen (secondary N) is 1. The van der Waals surface area contributed by atoms with Gasteiger partial charge in [0.25, 0.3) is 0 Å². The minimum atomic E-state index is -3.53. The van der Waals surface area contributed by atoms with Crippen molar-refractivity contribution in [1.82, 2.24) is 9.21 Å². The number of carbonyl (C=O) groups is 2. The Bertz CT molecular complexity index is 1120. The minimum absolute atomic E-state index is 0.0578. The van der Waals surface area contributed by atoms with Gasteiger partial charge in [-0.2, -0.15) is 4.31 Å². The third kappa shape index (κ3) is 5.69. The van der Waals surface area contributed by atoms with E-state index in [2.05, 4.69) is 5.32 Å². The Kier molecular flexibility index (Phi) is 7.25. The van der Waals surface area contributed by atoms with Crippen molar-refractivity contribution in [2.45, 2.75) is 30.6 Å². The van der Waals surface area contributed by atoms with Gasteiger partial charge in [0.1, 0.15) is 0 Å². The van der Waals surface area contributed by atoms with Crippen LogP contribution in [0.3, 0.4) is 0 Å². The van der Waals surface area contributed by atoms with Gasteiger partial charge in [-0.1, -0.05) is 36.4 Å². The molecule has 0 spiro atoms. The fourth-order valence-electron chi connectivity index (χ4n) is 4.26. The molecule has 2 aromatic carbocycles. The van der Waals surface area contributed by atoms with Crippen LogP contribution in [-0.4, -0.2) is 55.6 Å². The van der Waals surface area contributed by atoms with Crippen molar-refractivity contribution in [1.29, 1.82) is 0 Å². The highest BCUT2D eigenvalue weighted by molar-refractivity contribution is 7.89. The molecule has 7 nitrogen and oxygen atoms in total. The molecule has 4 rings (SSSR count). The lowest BCUT2D eigenvalue weighted by Gasteiger charge is -2.30. The van der Waals surface area contributed by atoms with Crippen LogP contribution in [0.2, 0.25) is 0 Å². The van der Waals surface area contributed by atoms with Crippen LogP contribution >= 0.6 is 0 Å². The third-order valence-corrected chi connectivity index (χ3v) is 8.09. The SMILES string of the molecule is O=C(Nc1cccc(S(=O)(=O)N2CCCC2)c1)C1CCN(C(=O)/C=C/c2ccccc2)CC1. The maximum atomic E-state index is 12.8. The Morgan fingerprint density at radius 1 is 0.909 bits per heavy atom. The molecular weight excluding hydrogens is 438 g/mol. The Morgan fingerprint density at radius 2 is 1.61 bits per heavy atom. The summed E-state index contributed by atoms with van der Waals surface area (Å²) in [6.45, 7) is 2.10. The van der Waals surface area contributed by atoms with Gasteiger partial charge in [-0.3, -0.25) is 9.59 Å². The van der Waals surface area contributed by atoms with Gasteiger partial charge < -0.3 is 10.2 Å². The fourth-order valence-corrected chi connectivity index (χ4v) is 5.82. The van der Waals surface area contributed by atoms with E-state index in [-0.39, 0.29) is 22.6 Å². The first kappa shape index (κ1) is 23.2. The normalized spacial score (nSPS) is 18.0. The monoisotopic (exact) mass is 467 g/mol. The second-order valence-electron chi connectivity index (χ2n) is 8.47. The lowest BCUT2D eigenvalue weighted by Crippen LogP contribution is -2.40. The lowest BCUT2D eigenvalue weighted by molar-refractivity contribution is -0.130. The molecule has 2 aromatic rings. The average molecular weight is 468 g/mol. The van der Waals surface area contributed by atoms with Crippen molar-refractivity contribution in [2.75, 3.05) is 31.5 Å². The zero-order valence-electron chi connectivity index (χ0n) is 18.5. The molecular formula is C25H29N3O4S. The molecule has 0 radical (unpaired) electrons. The summed E-state index contributed by atoms with van der Waals surface area (Å²) < 4.78 is 27.1. The van der Waals surface area contributed by atoms with E-state index in [0.717, 1.165) is 18.4 Å². The van der Waals surface area contributed by atoms with Crippen molar-refractivity contribution in [2.24, 2.45) is 5.92 Å². The molecule has 33 heavy (non-hydrogen) atoms. The largest absolute Gasteiger partial charge is 0.339 e. The number of nitrogens with zero attached hydrogens (tertiary/aromatic N) is 2. The summed E-state index contributed by atoms with van der Waals surface area (Å²) >= 11 is 0. The molecule has 2 aliphatic rings. The van der Waals surface area contributed by atoms with E-state index in [1.54, 1.807) is 35.3 Å². The van der Waals surface area contributed by atoms with E-state index in [1.165, 1.54) is 10.4 Å². The molecule has 0 aliphatic carbocycles. The number of benzene rings is 2. The molecule has 174 valence electrons. The minimum Gasteiger partial charge on any atom is -0.339 e. The molecule has 2 fully saturated rings. The van der Waals surface area contributed by atoms with Crippen LogP contribution < -0.4 is 5.32 Å². The molecule has 2 amide bonds. The summed E-state index contributed by atoms with van der Waals surface area (Å²) in [6, 6.07) is 16.1. The molecule has 0 saturated carbocycles. The van der Waals surface area contributed by atoms with Crippen LogP contribution in [0.4, 0.5) is 5.69 Å². The predicted octanol–water partition coefficient (Wildman–Crippen LogP) is 3.36. The topological polar surface area (TPSA) is 86.8 Å². The van der Waals surface area contributed by atoms with E-state index in [0.29, 0.717) is 44.7 Å². The maximum absolute atomic E-state index is 12.8. The molecule has 1 N–H and O–H groups in total.